The van der Waals surface area contributed by atoms with Gasteiger partial charge in [0.25, 0.3) is 0 Å². The fourth-order valence-electron chi connectivity index (χ4n) is 4.82. The summed E-state index contributed by atoms with van der Waals surface area (Å²) in [5.74, 6) is 1.51. The van der Waals surface area contributed by atoms with E-state index in [1.165, 1.54) is 11.1 Å². The molecule has 1 fully saturated rings. The molecule has 31 heavy (non-hydrogen) atoms. The molecule has 1 N–H and O–H groups in total. The fourth-order valence-corrected chi connectivity index (χ4v) is 4.82. The van der Waals surface area contributed by atoms with E-state index in [0.29, 0.717) is 0 Å². The molecule has 3 heterocycles. The Hall–Kier alpha value is -2.67. The summed E-state index contributed by atoms with van der Waals surface area (Å²) in [7, 11) is 3.34. The number of carbonyl (C=O) groups excluding carboxylic acids is 1. The van der Waals surface area contributed by atoms with Gasteiger partial charge in [0, 0.05) is 31.5 Å². The second-order valence-corrected chi connectivity index (χ2v) is 9.35. The van der Waals surface area contributed by atoms with Crippen LogP contribution in [0.5, 0.6) is 11.5 Å². The molecule has 4 rings (SSSR count). The van der Waals surface area contributed by atoms with Gasteiger partial charge in [0.2, 0.25) is 0 Å². The predicted octanol–water partition coefficient (Wildman–Crippen LogP) is 3.94. The van der Waals surface area contributed by atoms with Crippen LogP contribution in [0.25, 0.3) is 0 Å². The number of piperidine rings is 1. The van der Waals surface area contributed by atoms with Crippen LogP contribution in [-0.2, 0) is 11.2 Å². The number of benzene rings is 1. The zero-order valence-electron chi connectivity index (χ0n) is 19.1. The number of nitrogens with zero attached hydrogens (tertiary/aromatic N) is 2. The van der Waals surface area contributed by atoms with Crippen molar-refractivity contribution in [3.8, 4) is 11.5 Å². The normalized spacial score (nSPS) is 23.5. The number of carbonyl (C=O) groups is 1. The Labute approximate surface area is 184 Å². The van der Waals surface area contributed by atoms with E-state index in [1.54, 1.807) is 14.2 Å². The molecule has 1 saturated heterocycles. The lowest BCUT2D eigenvalue weighted by molar-refractivity contribution is 0.0356. The van der Waals surface area contributed by atoms with Gasteiger partial charge in [-0.25, -0.2) is 4.79 Å². The van der Waals surface area contributed by atoms with Gasteiger partial charge in [-0.3, -0.25) is 4.90 Å². The summed E-state index contributed by atoms with van der Waals surface area (Å²) in [6.07, 6.45) is 5.53. The number of aromatic nitrogens is 1. The lowest BCUT2D eigenvalue weighted by Gasteiger charge is -2.47. The highest BCUT2D eigenvalue weighted by Crippen LogP contribution is 2.43. The maximum absolute atomic E-state index is 12.6. The summed E-state index contributed by atoms with van der Waals surface area (Å²) >= 11 is 0. The quantitative estimate of drug-likeness (QED) is 0.801. The standard InChI is InChI=1S/C24H33N3O4/c1-24(2,3)31-23(28)25-18-14-19-17-13-22(30-5)21(29-4)12-16(17)8-11-27(19)15-20(18)26-9-6-7-10-26/h6-7,9-10,12-13,18-20H,8,11,14-15H2,1-5H3,(H,25,28). The molecule has 3 unspecified atom stereocenters. The van der Waals surface area contributed by atoms with Crippen LogP contribution < -0.4 is 14.8 Å². The van der Waals surface area contributed by atoms with Crippen molar-refractivity contribution in [2.75, 3.05) is 27.3 Å². The van der Waals surface area contributed by atoms with Crippen LogP contribution >= 0.6 is 0 Å². The topological polar surface area (TPSA) is 65.0 Å². The first-order valence-electron chi connectivity index (χ1n) is 10.9. The number of fused-ring (bicyclic) bond motifs is 3. The molecule has 2 aromatic rings. The molecular formula is C24H33N3O4. The Kier molecular flexibility index (Phi) is 5.88. The molecule has 168 valence electrons. The second kappa shape index (κ2) is 8.46. The van der Waals surface area contributed by atoms with Crippen LogP contribution in [0.2, 0.25) is 0 Å². The SMILES string of the molecule is COc1cc2c(cc1OC)C1CC(NC(=O)OC(C)(C)C)C(n3cccc3)CN1CC2. The maximum Gasteiger partial charge on any atom is 0.407 e. The van der Waals surface area contributed by atoms with Crippen molar-refractivity contribution >= 4 is 6.09 Å². The van der Waals surface area contributed by atoms with Gasteiger partial charge in [-0.1, -0.05) is 0 Å². The fraction of sp³-hybridized carbons (Fsp3) is 0.542. The van der Waals surface area contributed by atoms with Crippen LogP contribution in [-0.4, -0.2) is 54.5 Å². The van der Waals surface area contributed by atoms with Crippen molar-refractivity contribution in [2.24, 2.45) is 0 Å². The van der Waals surface area contributed by atoms with Gasteiger partial charge in [0.05, 0.1) is 26.3 Å². The number of rotatable bonds is 4. The maximum atomic E-state index is 12.6. The van der Waals surface area contributed by atoms with Gasteiger partial charge >= 0.3 is 6.09 Å². The lowest BCUT2D eigenvalue weighted by Crippen LogP contribution is -2.54. The Morgan fingerprint density at radius 3 is 2.42 bits per heavy atom. The van der Waals surface area contributed by atoms with E-state index in [4.69, 9.17) is 14.2 Å². The van der Waals surface area contributed by atoms with E-state index in [0.717, 1.165) is 37.4 Å². The minimum absolute atomic E-state index is 0.0532. The van der Waals surface area contributed by atoms with E-state index in [1.807, 2.05) is 32.9 Å². The van der Waals surface area contributed by atoms with Crippen LogP contribution in [0.4, 0.5) is 4.79 Å². The van der Waals surface area contributed by atoms with Crippen LogP contribution in [0.1, 0.15) is 50.4 Å². The molecular weight excluding hydrogens is 394 g/mol. The van der Waals surface area contributed by atoms with Gasteiger partial charge in [0.1, 0.15) is 5.60 Å². The monoisotopic (exact) mass is 427 g/mol. The molecule has 1 aromatic heterocycles. The molecule has 2 aliphatic heterocycles. The zero-order valence-corrected chi connectivity index (χ0v) is 19.1. The summed E-state index contributed by atoms with van der Waals surface area (Å²) in [6, 6.07) is 8.54. The van der Waals surface area contributed by atoms with Crippen molar-refractivity contribution < 1.29 is 19.0 Å². The summed E-state index contributed by atoms with van der Waals surface area (Å²) in [4.78, 5) is 15.2. The van der Waals surface area contributed by atoms with Crippen molar-refractivity contribution in [1.29, 1.82) is 0 Å². The molecule has 0 bridgehead atoms. The van der Waals surface area contributed by atoms with Crippen molar-refractivity contribution in [1.82, 2.24) is 14.8 Å². The third-order valence-electron chi connectivity index (χ3n) is 6.19. The van der Waals surface area contributed by atoms with Crippen molar-refractivity contribution in [2.45, 2.75) is 57.3 Å². The van der Waals surface area contributed by atoms with Gasteiger partial charge in [0.15, 0.2) is 11.5 Å². The van der Waals surface area contributed by atoms with E-state index < -0.39 is 5.60 Å². The number of methoxy groups -OCH3 is 2. The molecule has 3 atom stereocenters. The predicted molar refractivity (Wildman–Crippen MR) is 119 cm³/mol. The summed E-state index contributed by atoms with van der Waals surface area (Å²) in [5, 5.41) is 3.16. The molecule has 0 spiro atoms. The summed E-state index contributed by atoms with van der Waals surface area (Å²) in [6.45, 7) is 7.48. The van der Waals surface area contributed by atoms with Crippen molar-refractivity contribution in [3.05, 3.63) is 47.8 Å². The first-order chi connectivity index (χ1) is 14.8. The third kappa shape index (κ3) is 4.51. The van der Waals surface area contributed by atoms with Crippen LogP contribution in [0, 0.1) is 0 Å². The van der Waals surface area contributed by atoms with Crippen LogP contribution in [0.3, 0.4) is 0 Å². The molecule has 0 aliphatic carbocycles. The first kappa shape index (κ1) is 21.6. The van der Waals surface area contributed by atoms with E-state index in [9.17, 15) is 4.79 Å². The zero-order chi connectivity index (χ0) is 22.2. The van der Waals surface area contributed by atoms with Gasteiger partial charge in [-0.2, -0.15) is 0 Å². The second-order valence-electron chi connectivity index (χ2n) is 9.35. The van der Waals surface area contributed by atoms with E-state index >= 15 is 0 Å². The highest BCUT2D eigenvalue weighted by atomic mass is 16.6. The van der Waals surface area contributed by atoms with Gasteiger partial charge in [-0.15, -0.1) is 0 Å². The summed E-state index contributed by atoms with van der Waals surface area (Å²) < 4.78 is 18.8. The Balaban J connectivity index is 1.64. The number of hydrogen-bond donors (Lipinski definition) is 1. The Morgan fingerprint density at radius 1 is 1.10 bits per heavy atom. The number of hydrogen-bond acceptors (Lipinski definition) is 5. The average molecular weight is 428 g/mol. The molecule has 1 aromatic carbocycles. The van der Waals surface area contributed by atoms with E-state index in [-0.39, 0.29) is 24.2 Å². The highest BCUT2D eigenvalue weighted by Gasteiger charge is 2.41. The van der Waals surface area contributed by atoms with Gasteiger partial charge < -0.3 is 24.1 Å². The first-order valence-corrected chi connectivity index (χ1v) is 10.9. The number of alkyl carbamates (subject to hydrolysis) is 1. The average Bonchev–Trinajstić information content (AvgIpc) is 3.25. The molecule has 2 aliphatic rings. The minimum Gasteiger partial charge on any atom is -0.493 e. The molecule has 7 nitrogen and oxygen atoms in total. The minimum atomic E-state index is -0.533. The van der Waals surface area contributed by atoms with E-state index in [2.05, 4.69) is 39.3 Å². The number of nitrogens with one attached hydrogen (secondary N) is 1. The highest BCUT2D eigenvalue weighted by molar-refractivity contribution is 5.68. The Morgan fingerprint density at radius 2 is 1.77 bits per heavy atom. The number of ether oxygens (including phenoxy) is 3. The largest absolute Gasteiger partial charge is 0.493 e. The van der Waals surface area contributed by atoms with Crippen molar-refractivity contribution in [3.63, 3.8) is 0 Å². The third-order valence-corrected chi connectivity index (χ3v) is 6.19. The van der Waals surface area contributed by atoms with Crippen LogP contribution in [0.15, 0.2) is 36.7 Å². The number of amides is 1. The molecule has 7 heteroatoms. The van der Waals surface area contributed by atoms with Gasteiger partial charge in [-0.05, 0) is 69.0 Å². The lowest BCUT2D eigenvalue weighted by atomic mass is 9.83. The Bertz CT molecular complexity index is 920. The molecule has 0 radical (unpaired) electrons. The molecule has 1 amide bonds. The molecule has 0 saturated carbocycles. The smallest absolute Gasteiger partial charge is 0.407 e. The summed E-state index contributed by atoms with van der Waals surface area (Å²) in [5.41, 5.74) is 2.01.